The first kappa shape index (κ1) is 13.8. The van der Waals surface area contributed by atoms with Crippen LogP contribution in [-0.4, -0.2) is 8.76 Å². The van der Waals surface area contributed by atoms with E-state index < -0.39 is 11.1 Å². The number of rotatable bonds is 4. The molecule has 0 radical (unpaired) electrons. The zero-order valence-corrected chi connectivity index (χ0v) is 11.7. The first-order chi connectivity index (χ1) is 9.08. The summed E-state index contributed by atoms with van der Waals surface area (Å²) in [5.41, 5.74) is 3.58. The predicted octanol–water partition coefficient (Wildman–Crippen LogP) is 3.46. The van der Waals surface area contributed by atoms with E-state index >= 15 is 0 Å². The molecule has 0 bridgehead atoms. The van der Waals surface area contributed by atoms with Crippen molar-refractivity contribution in [3.8, 4) is 5.75 Å². The van der Waals surface area contributed by atoms with Crippen LogP contribution >= 0.6 is 0 Å². The van der Waals surface area contributed by atoms with Crippen LogP contribution in [0.4, 0.5) is 0 Å². The Balaban J connectivity index is 2.08. The van der Waals surface area contributed by atoms with Crippen molar-refractivity contribution in [3.05, 3.63) is 59.2 Å². The van der Waals surface area contributed by atoms with E-state index in [4.69, 9.17) is 9.29 Å². The second-order valence-electron chi connectivity index (χ2n) is 4.38. The van der Waals surface area contributed by atoms with Crippen LogP contribution in [0.15, 0.2) is 47.4 Å². The quantitative estimate of drug-likeness (QED) is 0.870. The van der Waals surface area contributed by atoms with Gasteiger partial charge >= 0.3 is 0 Å². The molecule has 2 aromatic carbocycles. The van der Waals surface area contributed by atoms with Gasteiger partial charge < -0.3 is 9.29 Å². The lowest BCUT2D eigenvalue weighted by Gasteiger charge is -2.11. The molecule has 0 amide bonds. The first-order valence-corrected chi connectivity index (χ1v) is 7.07. The van der Waals surface area contributed by atoms with Crippen LogP contribution in [0.3, 0.4) is 0 Å². The lowest BCUT2D eigenvalue weighted by Crippen LogP contribution is -2.00. The molecule has 1 atom stereocenters. The van der Waals surface area contributed by atoms with Gasteiger partial charge in [-0.05, 0) is 54.8 Å². The van der Waals surface area contributed by atoms with Crippen molar-refractivity contribution in [1.29, 1.82) is 0 Å². The maximum Gasteiger partial charge on any atom is 0.186 e. The van der Waals surface area contributed by atoms with Gasteiger partial charge in [0.05, 0.1) is 4.90 Å². The van der Waals surface area contributed by atoms with Gasteiger partial charge in [0, 0.05) is 0 Å². The van der Waals surface area contributed by atoms with Crippen LogP contribution in [-0.2, 0) is 17.7 Å². The fourth-order valence-electron chi connectivity index (χ4n) is 1.88. The van der Waals surface area contributed by atoms with E-state index in [2.05, 4.69) is 26.0 Å². The van der Waals surface area contributed by atoms with Gasteiger partial charge in [-0.2, -0.15) is 0 Å². The predicted molar refractivity (Wildman–Crippen MR) is 75.7 cm³/mol. The molecule has 0 fully saturated rings. The largest absolute Gasteiger partial charge is 0.489 e. The Morgan fingerprint density at radius 1 is 1.05 bits per heavy atom. The van der Waals surface area contributed by atoms with Gasteiger partial charge in [0.1, 0.15) is 12.4 Å². The van der Waals surface area contributed by atoms with E-state index in [1.54, 1.807) is 24.3 Å². The van der Waals surface area contributed by atoms with Crippen molar-refractivity contribution in [2.75, 3.05) is 0 Å². The van der Waals surface area contributed by atoms with Gasteiger partial charge in [0.2, 0.25) is 0 Å². The first-order valence-electron chi connectivity index (χ1n) is 5.97. The van der Waals surface area contributed by atoms with Crippen molar-refractivity contribution in [2.45, 2.75) is 25.3 Å². The Kier molecular flexibility index (Phi) is 4.35. The molecule has 1 N–H and O–H groups in total. The molecule has 0 aromatic heterocycles. The maximum absolute atomic E-state index is 10.9. The molecule has 100 valence electrons. The summed E-state index contributed by atoms with van der Waals surface area (Å²) >= 11 is -1.94. The van der Waals surface area contributed by atoms with Crippen LogP contribution in [0.5, 0.6) is 5.75 Å². The van der Waals surface area contributed by atoms with Crippen molar-refractivity contribution < 1.29 is 13.5 Å². The van der Waals surface area contributed by atoms with E-state index in [0.29, 0.717) is 17.3 Å². The fourth-order valence-corrected chi connectivity index (χ4v) is 2.25. The van der Waals surface area contributed by atoms with Crippen molar-refractivity contribution >= 4 is 11.1 Å². The SMILES string of the molecule is Cc1cccc(C)c1COc1ccc(S(=O)O)cc1. The van der Waals surface area contributed by atoms with Crippen LogP contribution < -0.4 is 4.74 Å². The van der Waals surface area contributed by atoms with E-state index in [1.807, 2.05) is 6.07 Å². The Hall–Kier alpha value is -1.65. The lowest BCUT2D eigenvalue weighted by atomic mass is 10.0. The summed E-state index contributed by atoms with van der Waals surface area (Å²) in [6, 6.07) is 12.7. The molecule has 19 heavy (non-hydrogen) atoms. The minimum atomic E-state index is -1.94. The highest BCUT2D eigenvalue weighted by atomic mass is 32.2. The molecule has 1 unspecified atom stereocenters. The normalized spacial score (nSPS) is 12.2. The fraction of sp³-hybridized carbons (Fsp3) is 0.200. The Morgan fingerprint density at radius 2 is 1.63 bits per heavy atom. The number of aryl methyl sites for hydroxylation is 2. The third-order valence-electron chi connectivity index (χ3n) is 3.05. The van der Waals surface area contributed by atoms with Gasteiger partial charge in [0.25, 0.3) is 0 Å². The lowest BCUT2D eigenvalue weighted by molar-refractivity contribution is 0.304. The van der Waals surface area contributed by atoms with E-state index in [0.717, 1.165) is 0 Å². The molecule has 0 saturated heterocycles. The van der Waals surface area contributed by atoms with Gasteiger partial charge in [-0.1, -0.05) is 18.2 Å². The van der Waals surface area contributed by atoms with Crippen LogP contribution in [0.25, 0.3) is 0 Å². The average Bonchev–Trinajstić information content (AvgIpc) is 2.38. The summed E-state index contributed by atoms with van der Waals surface area (Å²) < 4.78 is 25.5. The van der Waals surface area contributed by atoms with E-state index in [1.165, 1.54) is 16.7 Å². The Morgan fingerprint density at radius 3 is 2.16 bits per heavy atom. The highest BCUT2D eigenvalue weighted by Crippen LogP contribution is 2.19. The molecule has 2 rings (SSSR count). The van der Waals surface area contributed by atoms with Gasteiger partial charge in [0.15, 0.2) is 11.1 Å². The molecule has 4 heteroatoms. The summed E-state index contributed by atoms with van der Waals surface area (Å²) in [6.45, 7) is 4.62. The standard InChI is InChI=1S/C15H16O3S/c1-11-4-3-5-12(2)15(11)10-18-13-6-8-14(9-7-13)19(16)17/h3-9H,10H2,1-2H3,(H,16,17). The summed E-state index contributed by atoms with van der Waals surface area (Å²) in [4.78, 5) is 0.374. The molecule has 0 aliphatic heterocycles. The molecule has 0 heterocycles. The van der Waals surface area contributed by atoms with Crippen LogP contribution in [0, 0.1) is 13.8 Å². The van der Waals surface area contributed by atoms with Crippen molar-refractivity contribution in [1.82, 2.24) is 0 Å². The number of ether oxygens (including phenoxy) is 1. The summed E-state index contributed by atoms with van der Waals surface area (Å²) in [5, 5.41) is 0. The monoisotopic (exact) mass is 276 g/mol. The molecule has 3 nitrogen and oxygen atoms in total. The Labute approximate surface area is 115 Å². The van der Waals surface area contributed by atoms with Crippen LogP contribution in [0.1, 0.15) is 16.7 Å². The zero-order valence-electron chi connectivity index (χ0n) is 10.9. The van der Waals surface area contributed by atoms with Crippen molar-refractivity contribution in [2.24, 2.45) is 0 Å². The highest BCUT2D eigenvalue weighted by Gasteiger charge is 2.04. The minimum absolute atomic E-state index is 0.374. The van der Waals surface area contributed by atoms with Crippen molar-refractivity contribution in [3.63, 3.8) is 0 Å². The number of hydrogen-bond acceptors (Lipinski definition) is 2. The second-order valence-corrected chi connectivity index (χ2v) is 5.35. The summed E-state index contributed by atoms with van der Waals surface area (Å²) in [6.07, 6.45) is 0. The highest BCUT2D eigenvalue weighted by molar-refractivity contribution is 7.79. The minimum Gasteiger partial charge on any atom is -0.489 e. The van der Waals surface area contributed by atoms with Gasteiger partial charge in [-0.15, -0.1) is 0 Å². The molecule has 0 saturated carbocycles. The third-order valence-corrected chi connectivity index (χ3v) is 3.73. The molecular weight excluding hydrogens is 260 g/mol. The van der Waals surface area contributed by atoms with E-state index in [-0.39, 0.29) is 0 Å². The molecule has 2 aromatic rings. The Bertz CT molecular complexity index is 571. The second kappa shape index (κ2) is 5.99. The molecule has 0 aliphatic rings. The van der Waals surface area contributed by atoms with Gasteiger partial charge in [-0.25, -0.2) is 4.21 Å². The molecular formula is C15H16O3S. The molecule has 0 spiro atoms. The van der Waals surface area contributed by atoms with Crippen LogP contribution in [0.2, 0.25) is 0 Å². The van der Waals surface area contributed by atoms with E-state index in [9.17, 15) is 4.21 Å². The van der Waals surface area contributed by atoms with Gasteiger partial charge in [-0.3, -0.25) is 0 Å². The summed E-state index contributed by atoms with van der Waals surface area (Å²) in [5.74, 6) is 0.692. The number of benzene rings is 2. The molecule has 0 aliphatic carbocycles. The topological polar surface area (TPSA) is 46.5 Å². The zero-order chi connectivity index (χ0) is 13.8. The third kappa shape index (κ3) is 3.43. The number of hydrogen-bond donors (Lipinski definition) is 1. The average molecular weight is 276 g/mol. The maximum atomic E-state index is 10.9. The smallest absolute Gasteiger partial charge is 0.186 e. The summed E-state index contributed by atoms with van der Waals surface area (Å²) in [7, 11) is 0.